The number of ether oxygens (including phenoxy) is 1. The summed E-state index contributed by atoms with van der Waals surface area (Å²) in [6.45, 7) is 5.96. The van der Waals surface area contributed by atoms with E-state index in [1.165, 1.54) is 11.1 Å². The van der Waals surface area contributed by atoms with Crippen LogP contribution in [0.15, 0.2) is 41.6 Å². The molecule has 0 saturated carbocycles. The van der Waals surface area contributed by atoms with Gasteiger partial charge in [0.1, 0.15) is 0 Å². The van der Waals surface area contributed by atoms with Crippen molar-refractivity contribution < 1.29 is 14.4 Å². The quantitative estimate of drug-likeness (QED) is 0.639. The third kappa shape index (κ3) is 3.41. The Morgan fingerprint density at radius 2 is 2.00 bits per heavy atom. The van der Waals surface area contributed by atoms with Crippen molar-refractivity contribution in [3.05, 3.63) is 53.1 Å². The topological polar surface area (TPSA) is 63.2 Å². The molecule has 1 unspecified atom stereocenters. The number of hydrogen-bond donors (Lipinski definition) is 1. The smallest absolute Gasteiger partial charge is 0.278 e. The molecule has 2 aliphatic rings. The molecule has 0 bridgehead atoms. The molecule has 0 radical (unpaired) electrons. The van der Waals surface area contributed by atoms with E-state index in [0.717, 1.165) is 41.9 Å². The van der Waals surface area contributed by atoms with Gasteiger partial charge in [0.05, 0.1) is 5.69 Å². The number of amides is 1. The Kier molecular flexibility index (Phi) is 5.15. The summed E-state index contributed by atoms with van der Waals surface area (Å²) < 4.78 is 5.35. The predicted octanol–water partition coefficient (Wildman–Crippen LogP) is 3.40. The van der Waals surface area contributed by atoms with Crippen molar-refractivity contribution in [2.75, 3.05) is 25.5 Å². The van der Waals surface area contributed by atoms with Crippen molar-refractivity contribution in [3.63, 3.8) is 0 Å². The van der Waals surface area contributed by atoms with Gasteiger partial charge in [-0.1, -0.05) is 35.5 Å². The Balaban J connectivity index is 1.83. The van der Waals surface area contributed by atoms with Crippen molar-refractivity contribution in [1.82, 2.24) is 4.90 Å². The number of fused-ring (bicyclic) bond motifs is 3. The lowest BCUT2D eigenvalue weighted by Gasteiger charge is -2.29. The summed E-state index contributed by atoms with van der Waals surface area (Å²) in [5, 5.41) is 7.15. The first kappa shape index (κ1) is 18.7. The molecule has 2 aliphatic heterocycles. The second-order valence-electron chi connectivity index (χ2n) is 7.18. The molecule has 1 amide bonds. The number of nitrogens with one attached hydrogen (secondary N) is 1. The van der Waals surface area contributed by atoms with Crippen LogP contribution in [0, 0.1) is 0 Å². The van der Waals surface area contributed by atoms with Gasteiger partial charge in [-0.25, -0.2) is 0 Å². The van der Waals surface area contributed by atoms with Crippen LogP contribution in [0.2, 0.25) is 0 Å². The van der Waals surface area contributed by atoms with Crippen LogP contribution in [0.25, 0.3) is 11.1 Å². The second kappa shape index (κ2) is 7.73. The van der Waals surface area contributed by atoms with Crippen LogP contribution in [0.5, 0.6) is 0 Å². The molecule has 0 aliphatic carbocycles. The van der Waals surface area contributed by atoms with Crippen molar-refractivity contribution in [3.8, 4) is 11.1 Å². The van der Waals surface area contributed by atoms with Crippen molar-refractivity contribution in [2.45, 2.75) is 33.1 Å². The second-order valence-corrected chi connectivity index (χ2v) is 7.18. The molecule has 28 heavy (non-hydrogen) atoms. The molecule has 0 aromatic heterocycles. The molecule has 2 heterocycles. The Labute approximate surface area is 165 Å². The van der Waals surface area contributed by atoms with E-state index in [-0.39, 0.29) is 5.91 Å². The zero-order valence-corrected chi connectivity index (χ0v) is 16.5. The number of likely N-dealkylation sites (N-methyl/N-ethyl adjacent to an activating group) is 1. The highest BCUT2D eigenvalue weighted by atomic mass is 16.8. The third-order valence-corrected chi connectivity index (χ3v) is 5.21. The number of carbonyl (C=O) groups is 1. The summed E-state index contributed by atoms with van der Waals surface area (Å²) in [6, 6.07) is 12.4. The van der Waals surface area contributed by atoms with Gasteiger partial charge in [-0.2, -0.15) is 0 Å². The molecule has 2 aromatic rings. The normalized spacial score (nSPS) is 18.5. The molecule has 2 aromatic carbocycles. The maximum absolute atomic E-state index is 12.6. The van der Waals surface area contributed by atoms with E-state index in [1.807, 2.05) is 25.1 Å². The number of hydrogen-bond acceptors (Lipinski definition) is 5. The van der Waals surface area contributed by atoms with Gasteiger partial charge in [-0.3, -0.25) is 4.79 Å². The highest BCUT2D eigenvalue weighted by molar-refractivity contribution is 6.54. The average molecular weight is 379 g/mol. The zero-order valence-electron chi connectivity index (χ0n) is 16.5. The predicted molar refractivity (Wildman–Crippen MR) is 109 cm³/mol. The fourth-order valence-electron chi connectivity index (χ4n) is 3.87. The van der Waals surface area contributed by atoms with E-state index < -0.39 is 6.29 Å². The third-order valence-electron chi connectivity index (χ3n) is 5.21. The van der Waals surface area contributed by atoms with Gasteiger partial charge in [-0.15, -0.1) is 0 Å². The molecule has 4 rings (SSSR count). The molecule has 1 atom stereocenters. The van der Waals surface area contributed by atoms with E-state index in [1.54, 1.807) is 6.92 Å². The van der Waals surface area contributed by atoms with Crippen LogP contribution in [0.1, 0.15) is 30.5 Å². The Bertz CT molecular complexity index is 924. The standard InChI is InChI=1S/C22H25N3O3/c1-4-27-14(2)28-24-21-18-12-17(15-8-6-5-7-9-15)16-10-11-25(3)13-19(16)20(18)23-22(21)26/h5-9,12,14H,4,10-11,13H2,1-3H3,(H,23,24,26). The van der Waals surface area contributed by atoms with Gasteiger partial charge in [0, 0.05) is 32.2 Å². The summed E-state index contributed by atoms with van der Waals surface area (Å²) >= 11 is 0. The fourth-order valence-corrected chi connectivity index (χ4v) is 3.87. The summed E-state index contributed by atoms with van der Waals surface area (Å²) in [7, 11) is 2.10. The molecular weight excluding hydrogens is 354 g/mol. The van der Waals surface area contributed by atoms with Gasteiger partial charge in [0.25, 0.3) is 5.91 Å². The van der Waals surface area contributed by atoms with E-state index in [0.29, 0.717) is 12.3 Å². The van der Waals surface area contributed by atoms with E-state index in [4.69, 9.17) is 9.57 Å². The van der Waals surface area contributed by atoms with Crippen LogP contribution in [0.4, 0.5) is 5.69 Å². The number of carbonyl (C=O) groups excluding carboxylic acids is 1. The Morgan fingerprint density at radius 3 is 2.75 bits per heavy atom. The Hall–Kier alpha value is -2.70. The summed E-state index contributed by atoms with van der Waals surface area (Å²) in [4.78, 5) is 20.3. The fraction of sp³-hybridized carbons (Fsp3) is 0.364. The number of benzene rings is 2. The maximum Gasteiger partial charge on any atom is 0.278 e. The van der Waals surface area contributed by atoms with E-state index in [9.17, 15) is 4.79 Å². The molecule has 6 heteroatoms. The highest BCUT2D eigenvalue weighted by Crippen LogP contribution is 2.40. The minimum atomic E-state index is -0.508. The van der Waals surface area contributed by atoms with Gasteiger partial charge < -0.3 is 19.8 Å². The molecule has 0 fully saturated rings. The lowest BCUT2D eigenvalue weighted by atomic mass is 9.87. The highest BCUT2D eigenvalue weighted by Gasteiger charge is 2.33. The van der Waals surface area contributed by atoms with Gasteiger partial charge >= 0.3 is 0 Å². The van der Waals surface area contributed by atoms with Crippen LogP contribution in [-0.2, 0) is 27.3 Å². The number of nitrogens with zero attached hydrogens (tertiary/aromatic N) is 2. The molecule has 0 saturated heterocycles. The number of anilines is 1. The lowest BCUT2D eigenvalue weighted by molar-refractivity contribution is -0.127. The average Bonchev–Trinajstić information content (AvgIpc) is 3.02. The summed E-state index contributed by atoms with van der Waals surface area (Å²) in [5.41, 5.74) is 6.72. The van der Waals surface area contributed by atoms with E-state index in [2.05, 4.69) is 40.6 Å². The first-order valence-electron chi connectivity index (χ1n) is 9.68. The molecule has 6 nitrogen and oxygen atoms in total. The van der Waals surface area contributed by atoms with Gasteiger partial charge in [0.15, 0.2) is 5.71 Å². The SMILES string of the molecule is CCOC(C)ON=C1C(=O)Nc2c1cc(-c1ccccc1)c1c2CN(C)CC1. The molecule has 1 N–H and O–H groups in total. The van der Waals surface area contributed by atoms with Crippen LogP contribution in [-0.4, -0.2) is 43.0 Å². The zero-order chi connectivity index (χ0) is 19.7. The first-order valence-corrected chi connectivity index (χ1v) is 9.68. The van der Waals surface area contributed by atoms with Crippen LogP contribution >= 0.6 is 0 Å². The number of oxime groups is 1. The maximum atomic E-state index is 12.6. The first-order chi connectivity index (χ1) is 13.6. The van der Waals surface area contributed by atoms with Crippen LogP contribution in [0.3, 0.4) is 0 Å². The van der Waals surface area contributed by atoms with Gasteiger partial charge in [-0.05, 0) is 48.7 Å². The molecule has 146 valence electrons. The molecule has 0 spiro atoms. The summed E-state index contributed by atoms with van der Waals surface area (Å²) in [5.74, 6) is -0.237. The van der Waals surface area contributed by atoms with Gasteiger partial charge in [0.2, 0.25) is 6.29 Å². The minimum absolute atomic E-state index is 0.237. The number of rotatable bonds is 5. The van der Waals surface area contributed by atoms with Crippen molar-refractivity contribution >= 4 is 17.3 Å². The largest absolute Gasteiger partial charge is 0.363 e. The van der Waals surface area contributed by atoms with Crippen LogP contribution < -0.4 is 5.32 Å². The lowest BCUT2D eigenvalue weighted by Crippen LogP contribution is -2.27. The molecular formula is C22H25N3O3. The van der Waals surface area contributed by atoms with E-state index >= 15 is 0 Å². The minimum Gasteiger partial charge on any atom is -0.363 e. The van der Waals surface area contributed by atoms with Crippen molar-refractivity contribution in [2.24, 2.45) is 5.16 Å². The monoisotopic (exact) mass is 379 g/mol. The summed E-state index contributed by atoms with van der Waals surface area (Å²) in [6.07, 6.45) is 0.440. The van der Waals surface area contributed by atoms with Crippen molar-refractivity contribution in [1.29, 1.82) is 0 Å². The Morgan fingerprint density at radius 1 is 1.21 bits per heavy atom.